The predicted octanol–water partition coefficient (Wildman–Crippen LogP) is 8.52. The third-order valence-electron chi connectivity index (χ3n) is 9.00. The van der Waals surface area contributed by atoms with Gasteiger partial charge in [-0.05, 0) is 76.3 Å². The van der Waals surface area contributed by atoms with Crippen LogP contribution in [0.3, 0.4) is 0 Å². The lowest BCUT2D eigenvalue weighted by Gasteiger charge is -2.54. The lowest BCUT2D eigenvalue weighted by atomic mass is 9.63. The maximum atomic E-state index is 14.2. The normalized spacial score (nSPS) is 24.0. The van der Waals surface area contributed by atoms with Crippen LogP contribution in [0, 0.1) is 35.1 Å². The van der Waals surface area contributed by atoms with Crippen molar-refractivity contribution < 1.29 is 22.4 Å². The number of oxime groups is 1. The first-order valence-corrected chi connectivity index (χ1v) is 15.2. The zero-order valence-corrected chi connectivity index (χ0v) is 24.7. The second-order valence-electron chi connectivity index (χ2n) is 11.8. The Labute approximate surface area is 264 Å². The van der Waals surface area contributed by atoms with Crippen molar-refractivity contribution in [1.82, 2.24) is 10.6 Å². The molecule has 4 atom stereocenters. The van der Waals surface area contributed by atoms with Gasteiger partial charge in [0.2, 0.25) is 0 Å². The van der Waals surface area contributed by atoms with E-state index in [0.29, 0.717) is 0 Å². The second kappa shape index (κ2) is 12.9. The molecule has 5 aromatic carbocycles. The highest BCUT2D eigenvalue weighted by molar-refractivity contribution is 5.93. The van der Waals surface area contributed by atoms with E-state index in [0.717, 1.165) is 33.5 Å². The molecule has 2 aliphatic heterocycles. The van der Waals surface area contributed by atoms with Crippen LogP contribution in [0.4, 0.5) is 17.6 Å². The Hall–Kier alpha value is -4.79. The largest absolute Gasteiger partial charge is 0.391 e. The molecule has 2 fully saturated rings. The van der Waals surface area contributed by atoms with Gasteiger partial charge in [0, 0.05) is 36.0 Å². The highest BCUT2D eigenvalue weighted by atomic mass is 19.1. The molecule has 0 amide bonds. The molecule has 2 heterocycles. The van der Waals surface area contributed by atoms with Crippen LogP contribution in [0.1, 0.15) is 52.0 Å². The molecular weight excluding hydrogens is 590 g/mol. The minimum absolute atomic E-state index is 0.232. The van der Waals surface area contributed by atoms with E-state index in [1.807, 2.05) is 30.3 Å². The highest BCUT2D eigenvalue weighted by Crippen LogP contribution is 2.52. The van der Waals surface area contributed by atoms with Gasteiger partial charge in [0.1, 0.15) is 29.9 Å². The van der Waals surface area contributed by atoms with E-state index in [9.17, 15) is 17.6 Å². The fourth-order valence-corrected chi connectivity index (χ4v) is 6.86. The van der Waals surface area contributed by atoms with Crippen LogP contribution in [-0.2, 0) is 11.4 Å². The molecule has 0 radical (unpaired) electrons. The van der Waals surface area contributed by atoms with Crippen molar-refractivity contribution in [2.24, 2.45) is 17.0 Å². The third kappa shape index (κ3) is 6.06. The zero-order chi connectivity index (χ0) is 31.6. The molecule has 46 heavy (non-hydrogen) atoms. The molecule has 2 aliphatic rings. The number of benzene rings is 5. The molecule has 232 valence electrons. The lowest BCUT2D eigenvalue weighted by Crippen LogP contribution is -2.60. The van der Waals surface area contributed by atoms with E-state index in [1.54, 1.807) is 48.5 Å². The molecule has 2 N–H and O–H groups in total. The SMILES string of the molecule is Fc1ccc(C2NC(c3ccc(F)cc3)C3C(=NOCc4ccccc4)C2C(c2ccc(F)cc2)NC3c2ccc(F)cc2)cc1. The summed E-state index contributed by atoms with van der Waals surface area (Å²) in [4.78, 5) is 6.10. The molecule has 5 aromatic rings. The summed E-state index contributed by atoms with van der Waals surface area (Å²) in [7, 11) is 0. The third-order valence-corrected chi connectivity index (χ3v) is 9.00. The summed E-state index contributed by atoms with van der Waals surface area (Å²) in [6.07, 6.45) is 0. The first-order valence-electron chi connectivity index (χ1n) is 15.2. The highest BCUT2D eigenvalue weighted by Gasteiger charge is 2.54. The number of hydrogen-bond donors (Lipinski definition) is 2. The van der Waals surface area contributed by atoms with Gasteiger partial charge in [-0.2, -0.15) is 0 Å². The van der Waals surface area contributed by atoms with Crippen molar-refractivity contribution in [3.05, 3.63) is 178 Å². The Morgan fingerprint density at radius 2 is 0.783 bits per heavy atom. The monoisotopic (exact) mass is 621 g/mol. The van der Waals surface area contributed by atoms with Crippen LogP contribution in [0.15, 0.2) is 133 Å². The Morgan fingerprint density at radius 1 is 0.457 bits per heavy atom. The van der Waals surface area contributed by atoms with Crippen LogP contribution < -0.4 is 10.6 Å². The molecule has 4 nitrogen and oxygen atoms in total. The Morgan fingerprint density at radius 3 is 1.11 bits per heavy atom. The maximum Gasteiger partial charge on any atom is 0.142 e. The average molecular weight is 622 g/mol. The van der Waals surface area contributed by atoms with Crippen molar-refractivity contribution in [2.45, 2.75) is 30.8 Å². The van der Waals surface area contributed by atoms with Crippen LogP contribution in [0.5, 0.6) is 0 Å². The van der Waals surface area contributed by atoms with E-state index in [1.165, 1.54) is 48.5 Å². The topological polar surface area (TPSA) is 45.7 Å². The zero-order valence-electron chi connectivity index (χ0n) is 24.7. The molecule has 0 aliphatic carbocycles. The number of fused-ring (bicyclic) bond motifs is 2. The lowest BCUT2D eigenvalue weighted by molar-refractivity contribution is 0.105. The van der Waals surface area contributed by atoms with Crippen molar-refractivity contribution in [1.29, 1.82) is 0 Å². The summed E-state index contributed by atoms with van der Waals surface area (Å²) < 4.78 is 56.7. The van der Waals surface area contributed by atoms with Gasteiger partial charge in [0.15, 0.2) is 0 Å². The molecule has 2 saturated heterocycles. The molecule has 0 spiro atoms. The Bertz CT molecular complexity index is 1580. The van der Waals surface area contributed by atoms with Gasteiger partial charge in [-0.15, -0.1) is 0 Å². The standard InChI is InChI=1S/C38H31F4N3O/c39-28-14-6-24(7-15-28)34-32-35(25-8-16-29(40)17-9-25)44-37(27-12-20-31(42)21-13-27)33(36(43-34)26-10-18-30(41)19-11-26)38(32)45-46-22-23-4-2-1-3-5-23/h1-21,32-37,43-44H,22H2. The van der Waals surface area contributed by atoms with Crippen molar-refractivity contribution >= 4 is 5.71 Å². The van der Waals surface area contributed by atoms with E-state index >= 15 is 0 Å². The molecule has 0 saturated carbocycles. The minimum Gasteiger partial charge on any atom is -0.391 e. The van der Waals surface area contributed by atoms with E-state index < -0.39 is 24.2 Å². The fraction of sp³-hybridized carbons (Fsp3) is 0.184. The van der Waals surface area contributed by atoms with E-state index in [2.05, 4.69) is 10.6 Å². The summed E-state index contributed by atoms with van der Waals surface area (Å²) in [5.41, 5.74) is 4.97. The van der Waals surface area contributed by atoms with E-state index in [-0.39, 0.29) is 41.7 Å². The molecule has 4 unspecified atom stereocenters. The van der Waals surface area contributed by atoms with Crippen molar-refractivity contribution in [3.63, 3.8) is 0 Å². The first kappa shape index (κ1) is 29.9. The maximum absolute atomic E-state index is 14.2. The minimum atomic E-state index is -0.400. The van der Waals surface area contributed by atoms with Crippen LogP contribution in [-0.4, -0.2) is 5.71 Å². The van der Waals surface area contributed by atoms with Gasteiger partial charge >= 0.3 is 0 Å². The number of nitrogens with zero attached hydrogens (tertiary/aromatic N) is 1. The van der Waals surface area contributed by atoms with Gasteiger partial charge in [-0.1, -0.05) is 84.0 Å². The first-order chi connectivity index (χ1) is 22.4. The summed E-state index contributed by atoms with van der Waals surface area (Å²) in [6.45, 7) is 0.232. The Kier molecular flexibility index (Phi) is 8.39. The van der Waals surface area contributed by atoms with Crippen LogP contribution >= 0.6 is 0 Å². The molecule has 2 bridgehead atoms. The van der Waals surface area contributed by atoms with Crippen molar-refractivity contribution in [3.8, 4) is 0 Å². The summed E-state index contributed by atoms with van der Waals surface area (Å²) in [6, 6.07) is 33.4. The average Bonchev–Trinajstić information content (AvgIpc) is 3.07. The van der Waals surface area contributed by atoms with Gasteiger partial charge in [0.05, 0.1) is 5.71 Å². The van der Waals surface area contributed by atoms with Crippen LogP contribution in [0.2, 0.25) is 0 Å². The fourth-order valence-electron chi connectivity index (χ4n) is 6.86. The van der Waals surface area contributed by atoms with Gasteiger partial charge in [-0.3, -0.25) is 0 Å². The summed E-state index contributed by atoms with van der Waals surface area (Å²) in [5, 5.41) is 12.5. The number of halogens is 4. The summed E-state index contributed by atoms with van der Waals surface area (Å²) >= 11 is 0. The number of rotatable bonds is 7. The number of piperidine rings is 2. The van der Waals surface area contributed by atoms with Gasteiger partial charge < -0.3 is 15.5 Å². The molecule has 7 rings (SSSR count). The second-order valence-corrected chi connectivity index (χ2v) is 11.8. The molecular formula is C38H31F4N3O. The van der Waals surface area contributed by atoms with E-state index in [4.69, 9.17) is 9.99 Å². The summed E-state index contributed by atoms with van der Waals surface area (Å²) in [5.74, 6) is -2.18. The van der Waals surface area contributed by atoms with Crippen LogP contribution in [0.25, 0.3) is 0 Å². The quantitative estimate of drug-likeness (QED) is 0.142. The smallest absolute Gasteiger partial charge is 0.142 e. The molecule has 8 heteroatoms. The number of nitrogens with one attached hydrogen (secondary N) is 2. The predicted molar refractivity (Wildman–Crippen MR) is 168 cm³/mol. The van der Waals surface area contributed by atoms with Gasteiger partial charge in [0.25, 0.3) is 0 Å². The van der Waals surface area contributed by atoms with Gasteiger partial charge in [-0.25, -0.2) is 17.6 Å². The molecule has 0 aromatic heterocycles. The Balaban J connectivity index is 1.42. The number of hydrogen-bond acceptors (Lipinski definition) is 4. The van der Waals surface area contributed by atoms with Crippen molar-refractivity contribution in [2.75, 3.05) is 0 Å².